The lowest BCUT2D eigenvalue weighted by atomic mass is 9.44. The molecule has 2 aliphatic rings. The van der Waals surface area contributed by atoms with E-state index in [2.05, 4.69) is 143 Å². The van der Waals surface area contributed by atoms with Crippen LogP contribution in [0.3, 0.4) is 0 Å². The van der Waals surface area contributed by atoms with Crippen LogP contribution in [0.4, 0.5) is 17.1 Å². The molecule has 7 aromatic carbocycles. The van der Waals surface area contributed by atoms with Crippen molar-refractivity contribution < 1.29 is 4.42 Å². The van der Waals surface area contributed by atoms with Crippen LogP contribution in [0.1, 0.15) is 0 Å². The number of fused-ring (bicyclic) bond motifs is 12. The average Bonchev–Trinajstić information content (AvgIpc) is 3.69. The van der Waals surface area contributed by atoms with Crippen molar-refractivity contribution in [3.05, 3.63) is 140 Å². The maximum Gasteiger partial charge on any atom is 0.333 e. The number of aromatic nitrogens is 1. The van der Waals surface area contributed by atoms with Gasteiger partial charge < -0.3 is 13.8 Å². The third-order valence-electron chi connectivity index (χ3n) is 9.97. The highest BCUT2D eigenvalue weighted by Crippen LogP contribution is 2.49. The number of rotatable bonds is 1. The number of nitrogens with zero attached hydrogens (tertiary/aromatic N) is 2. The molecule has 0 fully saturated rings. The van der Waals surface area contributed by atoms with E-state index in [1.807, 2.05) is 6.26 Å². The van der Waals surface area contributed by atoms with Crippen molar-refractivity contribution in [2.75, 3.05) is 4.90 Å². The van der Waals surface area contributed by atoms with Gasteiger partial charge in [-0.3, -0.25) is 0 Å². The van der Waals surface area contributed by atoms with Gasteiger partial charge in [0.15, 0.2) is 0 Å². The molecule has 0 aliphatic carbocycles. The highest BCUT2D eigenvalue weighted by molar-refractivity contribution is 6.90. The smallest absolute Gasteiger partial charge is 0.333 e. The van der Waals surface area contributed by atoms with E-state index < -0.39 is 0 Å². The van der Waals surface area contributed by atoms with Crippen LogP contribution in [0.15, 0.2) is 144 Å². The Hall–Kier alpha value is -5.74. The minimum atomic E-state index is -0.0110. The molecule has 4 heterocycles. The summed E-state index contributed by atoms with van der Waals surface area (Å²) < 4.78 is 8.94. The van der Waals surface area contributed by atoms with Crippen molar-refractivity contribution in [3.8, 4) is 11.1 Å². The first-order chi connectivity index (χ1) is 21.8. The second-order valence-electron chi connectivity index (χ2n) is 12.1. The Morgan fingerprint density at radius 1 is 0.568 bits per heavy atom. The molecule has 44 heavy (non-hydrogen) atoms. The standard InChI is InChI=1S/C40H23BN2O/c1-2-10-26-22-28(18-16-24(26)8-1)42-35-23-27-20-21-44-40(27)36-32-14-7-13-31-30-12-5-6-15-34(30)43(38(31)32)41(37(35)36)33-19-17-25-9-3-4-11-29(25)39(33)42/h1-23H. The van der Waals surface area contributed by atoms with Gasteiger partial charge in [-0.1, -0.05) is 103 Å². The van der Waals surface area contributed by atoms with E-state index in [0.29, 0.717) is 0 Å². The van der Waals surface area contributed by atoms with Crippen LogP contribution in [0, 0.1) is 0 Å². The molecule has 4 heteroatoms. The molecule has 202 valence electrons. The summed E-state index contributed by atoms with van der Waals surface area (Å²) in [5.41, 5.74) is 12.1. The van der Waals surface area contributed by atoms with Crippen molar-refractivity contribution in [2.45, 2.75) is 0 Å². The summed E-state index contributed by atoms with van der Waals surface area (Å²) in [4.78, 5) is 2.52. The Kier molecular flexibility index (Phi) is 4.15. The topological polar surface area (TPSA) is 21.3 Å². The number of hydrogen-bond acceptors (Lipinski definition) is 2. The number of benzene rings is 7. The van der Waals surface area contributed by atoms with E-state index >= 15 is 0 Å². The summed E-state index contributed by atoms with van der Waals surface area (Å²) in [6.07, 6.45) is 1.84. The molecule has 0 radical (unpaired) electrons. The largest absolute Gasteiger partial charge is 0.464 e. The lowest BCUT2D eigenvalue weighted by molar-refractivity contribution is 0.617. The SMILES string of the molecule is c1ccc2cc(N3c4cc5ccoc5c5c4B(c4ccc6ccccc6c43)n3c4ccccc4c4cccc-5c43)ccc2c1. The van der Waals surface area contributed by atoms with Gasteiger partial charge in [0.05, 0.1) is 12.0 Å². The molecular weight excluding hydrogens is 535 g/mol. The molecule has 2 aromatic heterocycles. The summed E-state index contributed by atoms with van der Waals surface area (Å²) in [5, 5.41) is 8.66. The summed E-state index contributed by atoms with van der Waals surface area (Å²) in [6.45, 7) is -0.0110. The van der Waals surface area contributed by atoms with Gasteiger partial charge in [0, 0.05) is 55.1 Å². The average molecular weight is 558 g/mol. The molecule has 11 rings (SSSR count). The van der Waals surface area contributed by atoms with Crippen LogP contribution in [-0.4, -0.2) is 11.3 Å². The number of furan rings is 1. The molecule has 0 bridgehead atoms. The van der Waals surface area contributed by atoms with E-state index in [0.717, 1.165) is 16.7 Å². The predicted molar refractivity (Wildman–Crippen MR) is 185 cm³/mol. The second kappa shape index (κ2) is 8.00. The maximum absolute atomic E-state index is 6.34. The normalized spacial score (nSPS) is 13.4. The molecule has 0 saturated heterocycles. The van der Waals surface area contributed by atoms with Crippen LogP contribution >= 0.6 is 0 Å². The predicted octanol–water partition coefficient (Wildman–Crippen LogP) is 9.26. The fourth-order valence-corrected chi connectivity index (χ4v) is 8.23. The highest BCUT2D eigenvalue weighted by Gasteiger charge is 2.44. The summed E-state index contributed by atoms with van der Waals surface area (Å²) >= 11 is 0. The van der Waals surface area contributed by atoms with E-state index in [9.17, 15) is 0 Å². The van der Waals surface area contributed by atoms with Gasteiger partial charge in [-0.05, 0) is 57.4 Å². The molecule has 0 atom stereocenters. The Labute approximate surface area is 253 Å². The van der Waals surface area contributed by atoms with Gasteiger partial charge >= 0.3 is 6.85 Å². The van der Waals surface area contributed by atoms with Crippen molar-refractivity contribution in [1.29, 1.82) is 0 Å². The van der Waals surface area contributed by atoms with Gasteiger partial charge in [0.2, 0.25) is 0 Å². The monoisotopic (exact) mass is 558 g/mol. The zero-order valence-corrected chi connectivity index (χ0v) is 23.7. The molecule has 3 nitrogen and oxygen atoms in total. The van der Waals surface area contributed by atoms with Crippen molar-refractivity contribution in [1.82, 2.24) is 4.48 Å². The molecule has 2 aliphatic heterocycles. The van der Waals surface area contributed by atoms with Gasteiger partial charge in [-0.25, -0.2) is 0 Å². The summed E-state index contributed by atoms with van der Waals surface area (Å²) in [6, 6.07) is 49.1. The lowest BCUT2D eigenvalue weighted by Crippen LogP contribution is -2.56. The Morgan fingerprint density at radius 2 is 1.34 bits per heavy atom. The summed E-state index contributed by atoms with van der Waals surface area (Å²) in [7, 11) is 0. The van der Waals surface area contributed by atoms with Crippen LogP contribution in [0.2, 0.25) is 0 Å². The second-order valence-corrected chi connectivity index (χ2v) is 12.1. The maximum atomic E-state index is 6.34. The number of para-hydroxylation sites is 2. The van der Waals surface area contributed by atoms with E-state index in [1.165, 1.54) is 76.8 Å². The quantitative estimate of drug-likeness (QED) is 0.187. The molecule has 9 aromatic rings. The van der Waals surface area contributed by atoms with Crippen LogP contribution < -0.4 is 15.8 Å². The fourth-order valence-electron chi connectivity index (χ4n) is 8.23. The molecule has 0 amide bonds. The molecule has 0 spiro atoms. The van der Waals surface area contributed by atoms with Crippen molar-refractivity contribution >= 4 is 89.2 Å². The van der Waals surface area contributed by atoms with Crippen LogP contribution in [0.5, 0.6) is 0 Å². The van der Waals surface area contributed by atoms with Crippen LogP contribution in [0.25, 0.3) is 65.4 Å². The Balaban J connectivity index is 1.38. The van der Waals surface area contributed by atoms with E-state index in [1.54, 1.807) is 0 Å². The molecule has 0 unspecified atom stereocenters. The van der Waals surface area contributed by atoms with Crippen molar-refractivity contribution in [3.63, 3.8) is 0 Å². The Bertz CT molecular complexity index is 2700. The minimum absolute atomic E-state index is 0.0110. The van der Waals surface area contributed by atoms with Gasteiger partial charge in [0.1, 0.15) is 5.58 Å². The van der Waals surface area contributed by atoms with Crippen molar-refractivity contribution in [2.24, 2.45) is 0 Å². The van der Waals surface area contributed by atoms with Gasteiger partial charge in [0.25, 0.3) is 0 Å². The van der Waals surface area contributed by atoms with Gasteiger partial charge in [-0.2, -0.15) is 0 Å². The summed E-state index contributed by atoms with van der Waals surface area (Å²) in [5.74, 6) is 0. The fraction of sp³-hybridized carbons (Fsp3) is 0. The zero-order chi connectivity index (χ0) is 28.5. The van der Waals surface area contributed by atoms with Crippen LogP contribution in [-0.2, 0) is 0 Å². The highest BCUT2D eigenvalue weighted by atomic mass is 16.3. The zero-order valence-electron chi connectivity index (χ0n) is 23.7. The van der Waals surface area contributed by atoms with Gasteiger partial charge in [-0.15, -0.1) is 0 Å². The number of hydrogen-bond donors (Lipinski definition) is 0. The first-order valence-electron chi connectivity index (χ1n) is 15.2. The first-order valence-corrected chi connectivity index (χ1v) is 15.2. The Morgan fingerprint density at radius 3 is 2.27 bits per heavy atom. The molecule has 0 saturated carbocycles. The number of anilines is 3. The third-order valence-corrected chi connectivity index (χ3v) is 9.97. The minimum Gasteiger partial charge on any atom is -0.464 e. The lowest BCUT2D eigenvalue weighted by Gasteiger charge is -2.41. The van der Waals surface area contributed by atoms with E-state index in [-0.39, 0.29) is 6.85 Å². The third kappa shape index (κ3) is 2.70. The first kappa shape index (κ1) is 22.8. The molecule has 0 N–H and O–H groups in total. The van der Waals surface area contributed by atoms with E-state index in [4.69, 9.17) is 4.42 Å². The molecular formula is C40H23BN2O.